The Labute approximate surface area is 135 Å². The molecule has 0 radical (unpaired) electrons. The highest BCUT2D eigenvalue weighted by Gasteiger charge is 2.31. The predicted molar refractivity (Wildman–Crippen MR) is 88.9 cm³/mol. The molecule has 2 heterocycles. The van der Waals surface area contributed by atoms with Crippen molar-refractivity contribution in [1.82, 2.24) is 4.98 Å². The number of aliphatic hydroxyl groups is 1. The maximum absolute atomic E-state index is 12.3. The van der Waals surface area contributed by atoms with Crippen LogP contribution in [0.25, 0.3) is 0 Å². The second-order valence-corrected chi connectivity index (χ2v) is 9.38. The maximum atomic E-state index is 12.3. The number of rotatable bonds is 5. The third-order valence-electron chi connectivity index (χ3n) is 3.25. The molecule has 0 bridgehead atoms. The molecule has 5 nitrogen and oxygen atoms in total. The Morgan fingerprint density at radius 3 is 2.55 bits per heavy atom. The summed E-state index contributed by atoms with van der Waals surface area (Å²) < 4.78 is 23.6. The van der Waals surface area contributed by atoms with Gasteiger partial charge in [0.1, 0.15) is 0 Å². The minimum absolute atomic E-state index is 0.0592. The molecule has 2 aromatic heterocycles. The van der Waals surface area contributed by atoms with Gasteiger partial charge in [-0.05, 0) is 55.3 Å². The Bertz CT molecular complexity index is 702. The molecule has 2 N–H and O–H groups in total. The molecular weight excluding hydrogens is 320 g/mol. The van der Waals surface area contributed by atoms with Crippen molar-refractivity contribution in [3.8, 4) is 0 Å². The minimum atomic E-state index is -3.45. The fourth-order valence-corrected chi connectivity index (χ4v) is 3.53. The van der Waals surface area contributed by atoms with Crippen LogP contribution >= 0.6 is 11.3 Å². The van der Waals surface area contributed by atoms with Crippen molar-refractivity contribution >= 4 is 26.9 Å². The lowest BCUT2D eigenvalue weighted by Crippen LogP contribution is -2.28. The molecule has 0 saturated heterocycles. The largest absolute Gasteiger partial charge is 0.387 e. The summed E-state index contributed by atoms with van der Waals surface area (Å²) in [4.78, 5) is 4.03. The molecule has 7 heteroatoms. The van der Waals surface area contributed by atoms with Crippen molar-refractivity contribution in [2.75, 3.05) is 11.9 Å². The van der Waals surface area contributed by atoms with E-state index in [9.17, 15) is 13.5 Å². The Morgan fingerprint density at radius 2 is 2.05 bits per heavy atom. The molecule has 0 fully saturated rings. The van der Waals surface area contributed by atoms with Gasteiger partial charge in [0.2, 0.25) is 0 Å². The van der Waals surface area contributed by atoms with Crippen LogP contribution < -0.4 is 5.32 Å². The Morgan fingerprint density at radius 1 is 1.32 bits per heavy atom. The number of anilines is 1. The van der Waals surface area contributed by atoms with E-state index in [1.807, 2.05) is 16.8 Å². The van der Waals surface area contributed by atoms with Gasteiger partial charge in [0.05, 0.1) is 22.7 Å². The number of hydrogen-bond donors (Lipinski definition) is 2. The molecule has 2 aromatic rings. The summed E-state index contributed by atoms with van der Waals surface area (Å²) >= 11 is 1.53. The fraction of sp³-hybridized carbons (Fsp3) is 0.400. The third kappa shape index (κ3) is 3.66. The van der Waals surface area contributed by atoms with Crippen molar-refractivity contribution in [1.29, 1.82) is 0 Å². The second kappa shape index (κ2) is 6.36. The highest BCUT2D eigenvalue weighted by Crippen LogP contribution is 2.24. The zero-order chi connectivity index (χ0) is 16.4. The van der Waals surface area contributed by atoms with Crippen molar-refractivity contribution in [3.05, 3.63) is 40.7 Å². The summed E-state index contributed by atoms with van der Waals surface area (Å²) in [6, 6.07) is 5.01. The lowest BCUT2D eigenvalue weighted by Gasteiger charge is -2.18. The van der Waals surface area contributed by atoms with Crippen LogP contribution in [0.2, 0.25) is 0 Å². The SMILES string of the molecule is CC(C)(C)S(=O)(=O)c1ccc(NC[C@H](O)c2ccsc2)cn1. The first-order valence-corrected chi connectivity index (χ1v) is 9.29. The molecular formula is C15H20N2O3S2. The summed E-state index contributed by atoms with van der Waals surface area (Å²) in [6.07, 6.45) is 0.864. The van der Waals surface area contributed by atoms with E-state index in [0.717, 1.165) is 5.56 Å². The standard InChI is InChI=1S/C15H20N2O3S2/c1-15(2,3)22(19,20)14-5-4-12(8-17-14)16-9-13(18)11-6-7-21-10-11/h4-8,10,13,16,18H,9H2,1-3H3/t13-/m0/s1. The highest BCUT2D eigenvalue weighted by molar-refractivity contribution is 7.92. The first-order chi connectivity index (χ1) is 10.2. The number of thiophene rings is 1. The lowest BCUT2D eigenvalue weighted by molar-refractivity contribution is 0.192. The quantitative estimate of drug-likeness (QED) is 0.875. The van der Waals surface area contributed by atoms with Crippen LogP contribution in [-0.4, -0.2) is 29.8 Å². The molecule has 120 valence electrons. The number of pyridine rings is 1. The van der Waals surface area contributed by atoms with Gasteiger partial charge in [-0.15, -0.1) is 0 Å². The average molecular weight is 340 g/mol. The zero-order valence-electron chi connectivity index (χ0n) is 12.8. The molecule has 0 spiro atoms. The smallest absolute Gasteiger partial charge is 0.200 e. The van der Waals surface area contributed by atoms with Gasteiger partial charge in [-0.3, -0.25) is 0 Å². The van der Waals surface area contributed by atoms with Crippen LogP contribution in [0.4, 0.5) is 5.69 Å². The van der Waals surface area contributed by atoms with Gasteiger partial charge in [0.25, 0.3) is 0 Å². The Balaban J connectivity index is 2.04. The number of sulfone groups is 1. The number of aromatic nitrogens is 1. The van der Waals surface area contributed by atoms with E-state index >= 15 is 0 Å². The predicted octanol–water partition coefficient (Wildman–Crippen LogP) is 2.86. The molecule has 0 unspecified atom stereocenters. The summed E-state index contributed by atoms with van der Waals surface area (Å²) in [5.41, 5.74) is 1.53. The molecule has 0 amide bonds. The Kier molecular flexibility index (Phi) is 4.89. The van der Waals surface area contributed by atoms with E-state index in [1.165, 1.54) is 23.6 Å². The summed E-state index contributed by atoms with van der Waals surface area (Å²) in [5.74, 6) is 0. The highest BCUT2D eigenvalue weighted by atomic mass is 32.2. The molecule has 2 rings (SSSR count). The number of nitrogens with zero attached hydrogens (tertiary/aromatic N) is 1. The van der Waals surface area contributed by atoms with Gasteiger partial charge < -0.3 is 10.4 Å². The van der Waals surface area contributed by atoms with E-state index < -0.39 is 20.7 Å². The van der Waals surface area contributed by atoms with E-state index in [2.05, 4.69) is 10.3 Å². The molecule has 0 aromatic carbocycles. The normalized spacial score (nSPS) is 13.8. The van der Waals surface area contributed by atoms with Crippen LogP contribution in [-0.2, 0) is 9.84 Å². The van der Waals surface area contributed by atoms with Crippen LogP contribution in [0.1, 0.15) is 32.4 Å². The van der Waals surface area contributed by atoms with Crippen molar-refractivity contribution in [2.45, 2.75) is 36.6 Å². The minimum Gasteiger partial charge on any atom is -0.387 e. The molecule has 0 aliphatic carbocycles. The van der Waals surface area contributed by atoms with Gasteiger partial charge in [-0.1, -0.05) is 0 Å². The van der Waals surface area contributed by atoms with Crippen LogP contribution in [0.3, 0.4) is 0 Å². The first kappa shape index (κ1) is 16.9. The van der Waals surface area contributed by atoms with Gasteiger partial charge in [0, 0.05) is 6.54 Å². The van der Waals surface area contributed by atoms with Gasteiger partial charge in [0.15, 0.2) is 14.9 Å². The van der Waals surface area contributed by atoms with E-state index in [0.29, 0.717) is 12.2 Å². The van der Waals surface area contributed by atoms with Crippen molar-refractivity contribution in [2.24, 2.45) is 0 Å². The summed E-state index contributed by atoms with van der Waals surface area (Å²) in [7, 11) is -3.45. The van der Waals surface area contributed by atoms with Crippen LogP contribution in [0, 0.1) is 0 Å². The van der Waals surface area contributed by atoms with Gasteiger partial charge >= 0.3 is 0 Å². The maximum Gasteiger partial charge on any atom is 0.200 e. The summed E-state index contributed by atoms with van der Waals surface area (Å²) in [6.45, 7) is 5.28. The van der Waals surface area contributed by atoms with Crippen molar-refractivity contribution < 1.29 is 13.5 Å². The monoisotopic (exact) mass is 340 g/mol. The topological polar surface area (TPSA) is 79.3 Å². The zero-order valence-corrected chi connectivity index (χ0v) is 14.4. The van der Waals surface area contributed by atoms with Gasteiger partial charge in [-0.2, -0.15) is 11.3 Å². The molecule has 0 aliphatic heterocycles. The number of hydrogen-bond acceptors (Lipinski definition) is 6. The van der Waals surface area contributed by atoms with Crippen molar-refractivity contribution in [3.63, 3.8) is 0 Å². The van der Waals surface area contributed by atoms with Crippen LogP contribution in [0.5, 0.6) is 0 Å². The first-order valence-electron chi connectivity index (χ1n) is 6.86. The molecule has 1 atom stereocenters. The van der Waals surface area contributed by atoms with E-state index in [4.69, 9.17) is 0 Å². The third-order valence-corrected chi connectivity index (χ3v) is 6.35. The van der Waals surface area contributed by atoms with Gasteiger partial charge in [-0.25, -0.2) is 13.4 Å². The van der Waals surface area contributed by atoms with E-state index in [-0.39, 0.29) is 5.03 Å². The number of nitrogens with one attached hydrogen (secondary N) is 1. The molecule has 0 saturated carbocycles. The Hall–Kier alpha value is -1.44. The van der Waals surface area contributed by atoms with Crippen LogP contribution in [0.15, 0.2) is 40.2 Å². The second-order valence-electron chi connectivity index (χ2n) is 5.95. The number of aliphatic hydroxyl groups excluding tert-OH is 1. The molecule has 0 aliphatic rings. The van der Waals surface area contributed by atoms with E-state index in [1.54, 1.807) is 26.8 Å². The lowest BCUT2D eigenvalue weighted by atomic mass is 10.2. The fourth-order valence-electron chi connectivity index (χ4n) is 1.75. The average Bonchev–Trinajstić information content (AvgIpc) is 2.98. The molecule has 22 heavy (non-hydrogen) atoms. The summed E-state index contributed by atoms with van der Waals surface area (Å²) in [5, 5.41) is 16.9.